The molecule has 0 aromatic heterocycles. The summed E-state index contributed by atoms with van der Waals surface area (Å²) in [4.78, 5) is 24.6. The standard InChI is InChI=1S/C71H135NO5/c1-3-5-7-9-11-13-15-17-19-32-35-39-43-47-51-55-59-63-69(74)68(67-73)72-70(75)64-60-56-52-48-44-40-36-33-30-28-26-24-22-21-23-25-27-29-31-34-38-42-46-50-54-58-62-66-77-71(76)65-61-57-53-49-45-41-37-20-18-16-14-12-10-8-6-4-2/h14,16,20,37,59,63,68-69,73-74H,3-13,15,17-19,21-36,38-58,60-62,64-67H2,1-2H3,(H,72,75)/b16-14-,37-20-,63-59+. The first-order chi connectivity index (χ1) is 38.0. The highest BCUT2D eigenvalue weighted by molar-refractivity contribution is 5.76. The van der Waals surface area contributed by atoms with Crippen molar-refractivity contribution in [3.63, 3.8) is 0 Å². The van der Waals surface area contributed by atoms with Crippen LogP contribution in [-0.2, 0) is 14.3 Å². The molecule has 77 heavy (non-hydrogen) atoms. The summed E-state index contributed by atoms with van der Waals surface area (Å²) in [6.07, 6.45) is 85.0. The van der Waals surface area contributed by atoms with Gasteiger partial charge in [0.05, 0.1) is 25.4 Å². The van der Waals surface area contributed by atoms with Gasteiger partial charge in [0.15, 0.2) is 0 Å². The van der Waals surface area contributed by atoms with Gasteiger partial charge in [-0.15, -0.1) is 0 Å². The summed E-state index contributed by atoms with van der Waals surface area (Å²) in [5.74, 6) is -0.0582. The Morgan fingerprint density at radius 1 is 0.364 bits per heavy atom. The van der Waals surface area contributed by atoms with Gasteiger partial charge >= 0.3 is 5.97 Å². The number of aliphatic hydroxyl groups excluding tert-OH is 2. The Bertz CT molecular complexity index is 1250. The fraction of sp³-hybridized carbons (Fsp3) is 0.887. The Kier molecular flexibility index (Phi) is 64.9. The van der Waals surface area contributed by atoms with E-state index >= 15 is 0 Å². The largest absolute Gasteiger partial charge is 0.466 e. The number of allylic oxidation sites excluding steroid dienone is 5. The second-order valence-electron chi connectivity index (χ2n) is 23.9. The predicted octanol–water partition coefficient (Wildman–Crippen LogP) is 22.3. The first kappa shape index (κ1) is 75.1. The minimum absolute atomic E-state index is 0.00455. The van der Waals surface area contributed by atoms with E-state index in [0.29, 0.717) is 19.4 Å². The Morgan fingerprint density at radius 3 is 1.00 bits per heavy atom. The van der Waals surface area contributed by atoms with Crippen LogP contribution in [0.1, 0.15) is 380 Å². The lowest BCUT2D eigenvalue weighted by molar-refractivity contribution is -0.143. The van der Waals surface area contributed by atoms with E-state index in [2.05, 4.69) is 43.5 Å². The first-order valence-corrected chi connectivity index (χ1v) is 34.8. The number of esters is 1. The van der Waals surface area contributed by atoms with Crippen molar-refractivity contribution in [1.82, 2.24) is 5.32 Å². The molecule has 0 saturated heterocycles. The highest BCUT2D eigenvalue weighted by Crippen LogP contribution is 2.18. The van der Waals surface area contributed by atoms with Crippen LogP contribution >= 0.6 is 0 Å². The summed E-state index contributed by atoms with van der Waals surface area (Å²) in [6.45, 7) is 4.91. The Morgan fingerprint density at radius 2 is 0.649 bits per heavy atom. The molecule has 0 aliphatic rings. The molecule has 2 unspecified atom stereocenters. The number of carbonyl (C=O) groups excluding carboxylic acids is 2. The second-order valence-corrected chi connectivity index (χ2v) is 23.9. The molecule has 454 valence electrons. The molecule has 0 bridgehead atoms. The quantitative estimate of drug-likeness (QED) is 0.0320. The number of ether oxygens (including phenoxy) is 1. The Labute approximate surface area is 481 Å². The molecule has 0 fully saturated rings. The average molecular weight is 1080 g/mol. The fourth-order valence-corrected chi connectivity index (χ4v) is 10.8. The molecule has 1 amide bonds. The van der Waals surface area contributed by atoms with Crippen LogP contribution in [0.5, 0.6) is 0 Å². The molecule has 0 spiro atoms. The Hall–Kier alpha value is -1.92. The van der Waals surface area contributed by atoms with Crippen molar-refractivity contribution in [2.24, 2.45) is 0 Å². The molecule has 0 aromatic rings. The molecule has 0 heterocycles. The summed E-state index contributed by atoms with van der Waals surface area (Å²) in [5.41, 5.74) is 0. The van der Waals surface area contributed by atoms with E-state index in [9.17, 15) is 19.8 Å². The zero-order valence-electron chi connectivity index (χ0n) is 52.0. The van der Waals surface area contributed by atoms with Crippen LogP contribution in [0.4, 0.5) is 0 Å². The maximum atomic E-state index is 12.5. The van der Waals surface area contributed by atoms with Crippen LogP contribution in [0.25, 0.3) is 0 Å². The second kappa shape index (κ2) is 66.6. The number of unbranched alkanes of at least 4 members (excludes halogenated alkanes) is 50. The lowest BCUT2D eigenvalue weighted by Crippen LogP contribution is -2.45. The van der Waals surface area contributed by atoms with Crippen LogP contribution < -0.4 is 5.32 Å². The number of amides is 1. The third-order valence-electron chi connectivity index (χ3n) is 16.2. The first-order valence-electron chi connectivity index (χ1n) is 34.8. The SMILES string of the molecule is CCCCCC/C=C\C/C=C\CCCCCCCC(=O)OCCCCCCCCCCCCCCCCCCCCCCCCCCCCCC(=O)NC(CO)C(O)/C=C/CCCCCCCCCCCCCCCCC. The molecule has 0 saturated carbocycles. The van der Waals surface area contributed by atoms with Gasteiger partial charge in [0.25, 0.3) is 0 Å². The van der Waals surface area contributed by atoms with E-state index < -0.39 is 12.1 Å². The fourth-order valence-electron chi connectivity index (χ4n) is 10.8. The van der Waals surface area contributed by atoms with E-state index in [0.717, 1.165) is 51.4 Å². The molecule has 0 aliphatic carbocycles. The molecule has 0 aromatic carbocycles. The molecular formula is C71H135NO5. The monoisotopic (exact) mass is 1080 g/mol. The number of nitrogens with one attached hydrogen (secondary N) is 1. The minimum Gasteiger partial charge on any atom is -0.466 e. The van der Waals surface area contributed by atoms with Gasteiger partial charge in [0.2, 0.25) is 5.91 Å². The van der Waals surface area contributed by atoms with E-state index in [1.165, 1.54) is 302 Å². The molecule has 3 N–H and O–H groups in total. The summed E-state index contributed by atoms with van der Waals surface area (Å²) in [5, 5.41) is 23.2. The third-order valence-corrected chi connectivity index (χ3v) is 16.2. The van der Waals surface area contributed by atoms with Crippen LogP contribution in [-0.4, -0.2) is 47.4 Å². The van der Waals surface area contributed by atoms with Crippen molar-refractivity contribution in [2.75, 3.05) is 13.2 Å². The van der Waals surface area contributed by atoms with Gasteiger partial charge in [-0.3, -0.25) is 9.59 Å². The van der Waals surface area contributed by atoms with Crippen LogP contribution in [0.3, 0.4) is 0 Å². The maximum Gasteiger partial charge on any atom is 0.305 e. The van der Waals surface area contributed by atoms with E-state index in [4.69, 9.17) is 4.74 Å². The van der Waals surface area contributed by atoms with Crippen LogP contribution in [0.2, 0.25) is 0 Å². The molecule has 6 heteroatoms. The van der Waals surface area contributed by atoms with Crippen molar-refractivity contribution in [3.8, 4) is 0 Å². The zero-order chi connectivity index (χ0) is 55.7. The number of hydrogen-bond donors (Lipinski definition) is 3. The van der Waals surface area contributed by atoms with E-state index in [1.54, 1.807) is 6.08 Å². The average Bonchev–Trinajstić information content (AvgIpc) is 3.43. The molecule has 0 radical (unpaired) electrons. The molecule has 0 rings (SSSR count). The minimum atomic E-state index is -0.843. The van der Waals surface area contributed by atoms with Crippen molar-refractivity contribution in [1.29, 1.82) is 0 Å². The van der Waals surface area contributed by atoms with Gasteiger partial charge in [0.1, 0.15) is 0 Å². The molecular weight excluding hydrogens is 947 g/mol. The predicted molar refractivity (Wildman–Crippen MR) is 338 cm³/mol. The summed E-state index contributed by atoms with van der Waals surface area (Å²) in [6, 6.07) is -0.626. The lowest BCUT2D eigenvalue weighted by atomic mass is 10.0. The number of aliphatic hydroxyl groups is 2. The summed E-state index contributed by atoms with van der Waals surface area (Å²) < 4.78 is 5.49. The van der Waals surface area contributed by atoms with E-state index in [1.807, 2.05) is 6.08 Å². The van der Waals surface area contributed by atoms with Gasteiger partial charge in [-0.2, -0.15) is 0 Å². The molecule has 2 atom stereocenters. The van der Waals surface area contributed by atoms with Gasteiger partial charge < -0.3 is 20.3 Å². The topological polar surface area (TPSA) is 95.9 Å². The summed E-state index contributed by atoms with van der Waals surface area (Å²) in [7, 11) is 0. The van der Waals surface area contributed by atoms with Gasteiger partial charge in [-0.25, -0.2) is 0 Å². The van der Waals surface area contributed by atoms with Gasteiger partial charge in [-0.05, 0) is 64.2 Å². The van der Waals surface area contributed by atoms with Crippen molar-refractivity contribution in [2.45, 2.75) is 392 Å². The van der Waals surface area contributed by atoms with Crippen molar-refractivity contribution < 1.29 is 24.5 Å². The Balaban J connectivity index is 3.37. The number of rotatable bonds is 65. The molecule has 0 aliphatic heterocycles. The normalized spacial score (nSPS) is 12.7. The molecule has 6 nitrogen and oxygen atoms in total. The maximum absolute atomic E-state index is 12.5. The zero-order valence-corrected chi connectivity index (χ0v) is 52.0. The van der Waals surface area contributed by atoms with Gasteiger partial charge in [-0.1, -0.05) is 339 Å². The van der Waals surface area contributed by atoms with Crippen LogP contribution in [0.15, 0.2) is 36.5 Å². The number of hydrogen-bond acceptors (Lipinski definition) is 5. The van der Waals surface area contributed by atoms with Gasteiger partial charge in [0, 0.05) is 12.8 Å². The highest BCUT2D eigenvalue weighted by atomic mass is 16.5. The third kappa shape index (κ3) is 63.1. The van der Waals surface area contributed by atoms with Crippen LogP contribution in [0, 0.1) is 0 Å². The van der Waals surface area contributed by atoms with Crippen molar-refractivity contribution >= 4 is 11.9 Å². The lowest BCUT2D eigenvalue weighted by Gasteiger charge is -2.20. The summed E-state index contributed by atoms with van der Waals surface area (Å²) >= 11 is 0. The smallest absolute Gasteiger partial charge is 0.305 e. The van der Waals surface area contributed by atoms with Crippen molar-refractivity contribution in [3.05, 3.63) is 36.5 Å². The number of carbonyl (C=O) groups is 2. The highest BCUT2D eigenvalue weighted by Gasteiger charge is 2.18. The van der Waals surface area contributed by atoms with E-state index in [-0.39, 0.29) is 18.5 Å².